The lowest BCUT2D eigenvalue weighted by molar-refractivity contribution is -0.137. The van der Waals surface area contributed by atoms with Crippen molar-refractivity contribution in [3.63, 3.8) is 0 Å². The van der Waals surface area contributed by atoms with E-state index in [9.17, 15) is 18.3 Å². The molecule has 0 spiro atoms. The first-order chi connectivity index (χ1) is 11.4. The molecule has 0 amide bonds. The van der Waals surface area contributed by atoms with E-state index in [1.165, 1.54) is 19.2 Å². The van der Waals surface area contributed by atoms with Crippen LogP contribution in [0.1, 0.15) is 5.56 Å². The summed E-state index contributed by atoms with van der Waals surface area (Å²) in [4.78, 5) is 7.73. The van der Waals surface area contributed by atoms with Crippen LogP contribution in [0, 0.1) is 0 Å². The third-order valence-corrected chi connectivity index (χ3v) is 3.31. The number of halogens is 3. The summed E-state index contributed by atoms with van der Waals surface area (Å²) in [5, 5.41) is 16.3. The van der Waals surface area contributed by atoms with Gasteiger partial charge in [-0.2, -0.15) is 18.3 Å². The fourth-order valence-electron chi connectivity index (χ4n) is 2.16. The van der Waals surface area contributed by atoms with Gasteiger partial charge in [-0.15, -0.1) is 0 Å². The summed E-state index contributed by atoms with van der Waals surface area (Å²) in [5.74, 6) is 0.254. The van der Waals surface area contributed by atoms with Crippen molar-refractivity contribution in [3.05, 3.63) is 42.2 Å². The van der Waals surface area contributed by atoms with E-state index in [0.29, 0.717) is 5.75 Å². The van der Waals surface area contributed by atoms with Gasteiger partial charge in [0.25, 0.3) is 0 Å². The molecule has 0 saturated carbocycles. The van der Waals surface area contributed by atoms with E-state index in [-0.39, 0.29) is 28.5 Å². The Labute approximate surface area is 134 Å². The largest absolute Gasteiger partial charge is 0.507 e. The van der Waals surface area contributed by atoms with Gasteiger partial charge >= 0.3 is 6.18 Å². The summed E-state index contributed by atoms with van der Waals surface area (Å²) >= 11 is 0. The van der Waals surface area contributed by atoms with Gasteiger partial charge in [0, 0.05) is 18.5 Å². The topological polar surface area (TPSA) is 83.9 Å². The number of aromatic hydroxyl groups is 1. The standard InChI is InChI=1S/C15H11F3N4O2/c1-24-8-2-3-9(12(23)6-8)13-20-14(22-21-13)10-7-19-5-4-11(10)15(16,17)18/h2-7,23H,1H3,(H,20,21,22). The zero-order valence-corrected chi connectivity index (χ0v) is 12.3. The molecule has 2 N–H and O–H groups in total. The molecule has 0 fully saturated rings. The van der Waals surface area contributed by atoms with Crippen molar-refractivity contribution >= 4 is 0 Å². The first-order valence-corrected chi connectivity index (χ1v) is 6.71. The summed E-state index contributed by atoms with van der Waals surface area (Å²) in [5.41, 5.74) is -0.852. The highest BCUT2D eigenvalue weighted by atomic mass is 19.4. The second-order valence-electron chi connectivity index (χ2n) is 4.81. The van der Waals surface area contributed by atoms with Crippen LogP contribution in [0.15, 0.2) is 36.7 Å². The van der Waals surface area contributed by atoms with E-state index in [0.717, 1.165) is 18.5 Å². The van der Waals surface area contributed by atoms with Crippen molar-refractivity contribution < 1.29 is 23.0 Å². The van der Waals surface area contributed by atoms with Crippen LogP contribution in [0.3, 0.4) is 0 Å². The molecule has 6 nitrogen and oxygen atoms in total. The zero-order chi connectivity index (χ0) is 17.3. The normalized spacial score (nSPS) is 11.5. The first-order valence-electron chi connectivity index (χ1n) is 6.71. The van der Waals surface area contributed by atoms with Gasteiger partial charge in [-0.3, -0.25) is 10.1 Å². The molecule has 0 bridgehead atoms. The van der Waals surface area contributed by atoms with E-state index in [1.54, 1.807) is 6.07 Å². The highest BCUT2D eigenvalue weighted by Gasteiger charge is 2.34. The van der Waals surface area contributed by atoms with Crippen LogP contribution < -0.4 is 4.74 Å². The minimum atomic E-state index is -4.55. The molecule has 0 unspecified atom stereocenters. The van der Waals surface area contributed by atoms with Crippen LogP contribution in [0.4, 0.5) is 13.2 Å². The van der Waals surface area contributed by atoms with Crippen molar-refractivity contribution in [3.8, 4) is 34.3 Å². The number of methoxy groups -OCH3 is 1. The smallest absolute Gasteiger partial charge is 0.417 e. The molecule has 124 valence electrons. The Balaban J connectivity index is 2.04. The molecule has 0 atom stereocenters. The summed E-state index contributed by atoms with van der Waals surface area (Å²) in [6, 6.07) is 5.33. The van der Waals surface area contributed by atoms with Crippen molar-refractivity contribution in [2.75, 3.05) is 7.11 Å². The molecule has 0 radical (unpaired) electrons. The lowest BCUT2D eigenvalue weighted by Gasteiger charge is -2.09. The fraction of sp³-hybridized carbons (Fsp3) is 0.133. The van der Waals surface area contributed by atoms with Crippen LogP contribution in [0.5, 0.6) is 11.5 Å². The van der Waals surface area contributed by atoms with Crippen molar-refractivity contribution in [2.45, 2.75) is 6.18 Å². The molecule has 3 aromatic rings. The van der Waals surface area contributed by atoms with E-state index >= 15 is 0 Å². The zero-order valence-electron chi connectivity index (χ0n) is 12.3. The van der Waals surface area contributed by atoms with Crippen LogP contribution in [-0.2, 0) is 6.18 Å². The maximum absolute atomic E-state index is 13.1. The number of rotatable bonds is 3. The molecule has 2 heterocycles. The number of nitrogens with one attached hydrogen (secondary N) is 1. The fourth-order valence-corrected chi connectivity index (χ4v) is 2.16. The Morgan fingerprint density at radius 1 is 1.17 bits per heavy atom. The van der Waals surface area contributed by atoms with Gasteiger partial charge in [0.1, 0.15) is 11.5 Å². The van der Waals surface area contributed by atoms with Gasteiger partial charge in [-0.1, -0.05) is 0 Å². The molecule has 1 aromatic carbocycles. The number of phenolic OH excluding ortho intramolecular Hbond substituents is 1. The Morgan fingerprint density at radius 2 is 1.96 bits per heavy atom. The Morgan fingerprint density at radius 3 is 2.62 bits per heavy atom. The Kier molecular flexibility index (Phi) is 3.84. The number of hydrogen-bond donors (Lipinski definition) is 2. The predicted octanol–water partition coefficient (Wildman–Crippen LogP) is 3.27. The minimum Gasteiger partial charge on any atom is -0.507 e. The number of phenols is 1. The van der Waals surface area contributed by atoms with E-state index in [1.807, 2.05) is 0 Å². The molecule has 3 rings (SSSR count). The second kappa shape index (κ2) is 5.84. The van der Waals surface area contributed by atoms with Crippen LogP contribution in [0.25, 0.3) is 22.8 Å². The number of nitrogens with zero attached hydrogens (tertiary/aromatic N) is 3. The first kappa shape index (κ1) is 15.8. The summed E-state index contributed by atoms with van der Waals surface area (Å²) in [6.07, 6.45) is -2.46. The number of aromatic amines is 1. The number of hydrogen-bond acceptors (Lipinski definition) is 5. The molecular formula is C15H11F3N4O2. The van der Waals surface area contributed by atoms with Crippen LogP contribution in [-0.4, -0.2) is 32.4 Å². The lowest BCUT2D eigenvalue weighted by atomic mass is 10.1. The molecule has 0 aliphatic carbocycles. The maximum Gasteiger partial charge on any atom is 0.417 e. The van der Waals surface area contributed by atoms with Crippen molar-refractivity contribution in [2.24, 2.45) is 0 Å². The van der Waals surface area contributed by atoms with Crippen LogP contribution in [0.2, 0.25) is 0 Å². The quantitative estimate of drug-likeness (QED) is 0.767. The average Bonchev–Trinajstić information content (AvgIpc) is 3.03. The van der Waals surface area contributed by atoms with Crippen molar-refractivity contribution in [1.29, 1.82) is 0 Å². The van der Waals surface area contributed by atoms with Crippen LogP contribution >= 0.6 is 0 Å². The highest BCUT2D eigenvalue weighted by Crippen LogP contribution is 2.36. The van der Waals surface area contributed by atoms with E-state index in [4.69, 9.17) is 4.74 Å². The molecular weight excluding hydrogens is 325 g/mol. The molecule has 0 saturated heterocycles. The highest BCUT2D eigenvalue weighted by molar-refractivity contribution is 5.68. The summed E-state index contributed by atoms with van der Waals surface area (Å²) < 4.78 is 44.2. The third-order valence-electron chi connectivity index (χ3n) is 3.31. The maximum atomic E-state index is 13.1. The average molecular weight is 336 g/mol. The molecule has 0 aliphatic heterocycles. The predicted molar refractivity (Wildman–Crippen MR) is 78.3 cm³/mol. The number of ether oxygens (including phenoxy) is 1. The van der Waals surface area contributed by atoms with Gasteiger partial charge in [0.05, 0.1) is 23.8 Å². The summed E-state index contributed by atoms with van der Waals surface area (Å²) in [7, 11) is 1.45. The number of alkyl halides is 3. The Bertz CT molecular complexity index is 877. The van der Waals surface area contributed by atoms with E-state index < -0.39 is 11.7 Å². The summed E-state index contributed by atoms with van der Waals surface area (Å²) in [6.45, 7) is 0. The molecule has 9 heteroatoms. The monoisotopic (exact) mass is 336 g/mol. The Hall–Kier alpha value is -3.10. The van der Waals surface area contributed by atoms with Crippen molar-refractivity contribution in [1.82, 2.24) is 20.2 Å². The SMILES string of the molecule is COc1ccc(-c2nc(-c3cnccc3C(F)(F)F)n[nH]2)c(O)c1. The van der Waals surface area contributed by atoms with Gasteiger partial charge in [-0.25, -0.2) is 4.98 Å². The van der Waals surface area contributed by atoms with E-state index in [2.05, 4.69) is 20.2 Å². The van der Waals surface area contributed by atoms with Gasteiger partial charge < -0.3 is 9.84 Å². The lowest BCUT2D eigenvalue weighted by Crippen LogP contribution is -2.07. The number of aromatic nitrogens is 4. The molecule has 24 heavy (non-hydrogen) atoms. The third kappa shape index (κ3) is 2.87. The molecule has 0 aliphatic rings. The number of benzene rings is 1. The number of pyridine rings is 1. The minimum absolute atomic E-state index is 0.127. The number of H-pyrrole nitrogens is 1. The molecule has 2 aromatic heterocycles. The second-order valence-corrected chi connectivity index (χ2v) is 4.81. The van der Waals surface area contributed by atoms with Gasteiger partial charge in [0.15, 0.2) is 11.6 Å². The van der Waals surface area contributed by atoms with Gasteiger partial charge in [0.2, 0.25) is 0 Å². The van der Waals surface area contributed by atoms with Gasteiger partial charge in [-0.05, 0) is 18.2 Å².